The van der Waals surface area contributed by atoms with E-state index in [1.807, 2.05) is 31.2 Å². The van der Waals surface area contributed by atoms with E-state index in [2.05, 4.69) is 5.32 Å². The highest BCUT2D eigenvalue weighted by molar-refractivity contribution is 6.01. The molecule has 0 spiro atoms. The SMILES string of the molecule is Cc1ccc(Oc2ccc(NC(=O)/C=C/c3cccc(F)c3)cc2)cc1. The summed E-state index contributed by atoms with van der Waals surface area (Å²) in [7, 11) is 0. The van der Waals surface area contributed by atoms with Gasteiger partial charge in [0.2, 0.25) is 5.91 Å². The predicted octanol–water partition coefficient (Wildman–Crippen LogP) is 5.58. The highest BCUT2D eigenvalue weighted by Gasteiger charge is 2.01. The summed E-state index contributed by atoms with van der Waals surface area (Å²) in [4.78, 5) is 12.0. The molecule has 4 heteroatoms. The Bertz CT molecular complexity index is 916. The predicted molar refractivity (Wildman–Crippen MR) is 102 cm³/mol. The van der Waals surface area contributed by atoms with Crippen molar-refractivity contribution in [3.05, 3.63) is 95.8 Å². The molecule has 0 saturated heterocycles. The van der Waals surface area contributed by atoms with Gasteiger partial charge in [-0.1, -0.05) is 29.8 Å². The van der Waals surface area contributed by atoms with Crippen LogP contribution < -0.4 is 10.1 Å². The van der Waals surface area contributed by atoms with E-state index in [-0.39, 0.29) is 11.7 Å². The topological polar surface area (TPSA) is 38.3 Å². The van der Waals surface area contributed by atoms with Gasteiger partial charge in [-0.05, 0) is 67.1 Å². The van der Waals surface area contributed by atoms with Crippen LogP contribution in [-0.2, 0) is 4.79 Å². The average Bonchev–Trinajstić information content (AvgIpc) is 2.64. The van der Waals surface area contributed by atoms with Crippen molar-refractivity contribution >= 4 is 17.7 Å². The molecule has 130 valence electrons. The smallest absolute Gasteiger partial charge is 0.248 e. The molecule has 0 aromatic heterocycles. The minimum absolute atomic E-state index is 0.290. The zero-order valence-corrected chi connectivity index (χ0v) is 14.3. The van der Waals surface area contributed by atoms with Crippen LogP contribution in [0, 0.1) is 12.7 Å². The number of anilines is 1. The van der Waals surface area contributed by atoms with Crippen molar-refractivity contribution < 1.29 is 13.9 Å². The molecule has 26 heavy (non-hydrogen) atoms. The molecule has 1 amide bonds. The molecule has 0 aliphatic rings. The summed E-state index contributed by atoms with van der Waals surface area (Å²) in [6.07, 6.45) is 2.93. The second kappa shape index (κ2) is 8.12. The molecule has 0 unspecified atom stereocenters. The van der Waals surface area contributed by atoms with E-state index in [0.717, 1.165) is 5.75 Å². The van der Waals surface area contributed by atoms with Gasteiger partial charge in [0, 0.05) is 11.8 Å². The highest BCUT2D eigenvalue weighted by atomic mass is 19.1. The summed E-state index contributed by atoms with van der Waals surface area (Å²) in [5.74, 6) is 0.811. The number of halogens is 1. The molecule has 0 saturated carbocycles. The first-order valence-electron chi connectivity index (χ1n) is 8.18. The number of amides is 1. The van der Waals surface area contributed by atoms with Crippen molar-refractivity contribution in [1.29, 1.82) is 0 Å². The fourth-order valence-electron chi connectivity index (χ4n) is 2.31. The molecule has 0 aliphatic heterocycles. The molecule has 1 N–H and O–H groups in total. The molecular formula is C22H18FNO2. The maximum Gasteiger partial charge on any atom is 0.248 e. The number of carbonyl (C=O) groups is 1. The van der Waals surface area contributed by atoms with Crippen LogP contribution >= 0.6 is 0 Å². The molecular weight excluding hydrogens is 329 g/mol. The van der Waals surface area contributed by atoms with E-state index in [4.69, 9.17) is 4.74 Å². The Morgan fingerprint density at radius 1 is 0.962 bits per heavy atom. The van der Waals surface area contributed by atoms with Crippen LogP contribution in [0.4, 0.5) is 10.1 Å². The standard InChI is InChI=1S/C22H18FNO2/c1-16-5-10-20(11-6-16)26-21-12-8-19(9-13-21)24-22(25)14-7-17-3-2-4-18(23)15-17/h2-15H,1H3,(H,24,25)/b14-7+. The largest absolute Gasteiger partial charge is 0.457 e. The summed E-state index contributed by atoms with van der Waals surface area (Å²) >= 11 is 0. The van der Waals surface area contributed by atoms with E-state index >= 15 is 0 Å². The van der Waals surface area contributed by atoms with Gasteiger partial charge >= 0.3 is 0 Å². The highest BCUT2D eigenvalue weighted by Crippen LogP contribution is 2.23. The Hall–Kier alpha value is -3.40. The fourth-order valence-corrected chi connectivity index (χ4v) is 2.31. The van der Waals surface area contributed by atoms with Gasteiger partial charge in [0.25, 0.3) is 0 Å². The Labute approximate surface area is 151 Å². The van der Waals surface area contributed by atoms with Crippen LogP contribution in [0.3, 0.4) is 0 Å². The van der Waals surface area contributed by atoms with E-state index < -0.39 is 0 Å². The van der Waals surface area contributed by atoms with Crippen LogP contribution in [0.15, 0.2) is 78.9 Å². The lowest BCUT2D eigenvalue weighted by Crippen LogP contribution is -2.07. The molecule has 0 atom stereocenters. The minimum atomic E-state index is -0.336. The Morgan fingerprint density at radius 2 is 1.62 bits per heavy atom. The number of benzene rings is 3. The van der Waals surface area contributed by atoms with Gasteiger partial charge in [-0.25, -0.2) is 4.39 Å². The van der Waals surface area contributed by atoms with Crippen LogP contribution in [-0.4, -0.2) is 5.91 Å². The summed E-state index contributed by atoms with van der Waals surface area (Å²) in [5.41, 5.74) is 2.44. The van der Waals surface area contributed by atoms with E-state index in [9.17, 15) is 9.18 Å². The van der Waals surface area contributed by atoms with Crippen LogP contribution in [0.1, 0.15) is 11.1 Å². The normalized spacial score (nSPS) is 10.7. The lowest BCUT2D eigenvalue weighted by Gasteiger charge is -2.07. The number of hydrogen-bond acceptors (Lipinski definition) is 2. The summed E-state index contributed by atoms with van der Waals surface area (Å²) in [5, 5.41) is 2.75. The molecule has 0 heterocycles. The molecule has 3 rings (SSSR count). The molecule has 0 radical (unpaired) electrons. The Morgan fingerprint density at radius 3 is 2.27 bits per heavy atom. The minimum Gasteiger partial charge on any atom is -0.457 e. The summed E-state index contributed by atoms with van der Waals surface area (Å²) in [6, 6.07) is 20.9. The Balaban J connectivity index is 1.58. The van der Waals surface area contributed by atoms with Crippen molar-refractivity contribution in [3.8, 4) is 11.5 Å². The van der Waals surface area contributed by atoms with E-state index in [1.165, 1.54) is 23.8 Å². The number of hydrogen-bond donors (Lipinski definition) is 1. The zero-order chi connectivity index (χ0) is 18.4. The van der Waals surface area contributed by atoms with Crippen molar-refractivity contribution in [3.63, 3.8) is 0 Å². The quantitative estimate of drug-likeness (QED) is 0.612. The van der Waals surface area contributed by atoms with Gasteiger partial charge in [-0.15, -0.1) is 0 Å². The first kappa shape index (κ1) is 17.4. The van der Waals surface area contributed by atoms with E-state index in [1.54, 1.807) is 42.5 Å². The maximum absolute atomic E-state index is 13.1. The van der Waals surface area contributed by atoms with Gasteiger partial charge in [-0.3, -0.25) is 4.79 Å². The summed E-state index contributed by atoms with van der Waals surface area (Å²) in [6.45, 7) is 2.02. The van der Waals surface area contributed by atoms with Crippen LogP contribution in [0.2, 0.25) is 0 Å². The number of nitrogens with one attached hydrogen (secondary N) is 1. The number of rotatable bonds is 5. The number of carbonyl (C=O) groups excluding carboxylic acids is 1. The van der Waals surface area contributed by atoms with Gasteiger partial charge in [0.15, 0.2) is 0 Å². The van der Waals surface area contributed by atoms with Gasteiger partial charge in [-0.2, -0.15) is 0 Å². The molecule has 3 aromatic carbocycles. The first-order valence-corrected chi connectivity index (χ1v) is 8.18. The van der Waals surface area contributed by atoms with Crippen LogP contribution in [0.5, 0.6) is 11.5 Å². The monoisotopic (exact) mass is 347 g/mol. The maximum atomic E-state index is 13.1. The third-order valence-corrected chi connectivity index (χ3v) is 3.65. The third kappa shape index (κ3) is 5.05. The van der Waals surface area contributed by atoms with Crippen LogP contribution in [0.25, 0.3) is 6.08 Å². The summed E-state index contributed by atoms with van der Waals surface area (Å²) < 4.78 is 18.9. The lowest BCUT2D eigenvalue weighted by molar-refractivity contribution is -0.111. The number of aryl methyl sites for hydroxylation is 1. The van der Waals surface area contributed by atoms with E-state index in [0.29, 0.717) is 17.0 Å². The molecule has 3 nitrogen and oxygen atoms in total. The molecule has 0 fully saturated rings. The lowest BCUT2D eigenvalue weighted by atomic mass is 10.2. The van der Waals surface area contributed by atoms with Gasteiger partial charge in [0.05, 0.1) is 0 Å². The van der Waals surface area contributed by atoms with Crippen molar-refractivity contribution in [2.45, 2.75) is 6.92 Å². The van der Waals surface area contributed by atoms with Crippen molar-refractivity contribution in [1.82, 2.24) is 0 Å². The van der Waals surface area contributed by atoms with Gasteiger partial charge in [0.1, 0.15) is 17.3 Å². The molecule has 0 bridgehead atoms. The molecule has 0 aliphatic carbocycles. The third-order valence-electron chi connectivity index (χ3n) is 3.65. The second-order valence-corrected chi connectivity index (χ2v) is 5.82. The molecule has 3 aromatic rings. The van der Waals surface area contributed by atoms with Crippen molar-refractivity contribution in [2.75, 3.05) is 5.32 Å². The first-order chi connectivity index (χ1) is 12.6. The second-order valence-electron chi connectivity index (χ2n) is 5.82. The fraction of sp³-hybridized carbons (Fsp3) is 0.0455. The zero-order valence-electron chi connectivity index (χ0n) is 14.3. The Kier molecular flexibility index (Phi) is 5.44. The van der Waals surface area contributed by atoms with Crippen molar-refractivity contribution in [2.24, 2.45) is 0 Å². The average molecular weight is 347 g/mol. The number of ether oxygens (including phenoxy) is 1. The van der Waals surface area contributed by atoms with Gasteiger partial charge < -0.3 is 10.1 Å².